The summed E-state index contributed by atoms with van der Waals surface area (Å²) in [7, 11) is 1.59. The maximum atomic E-state index is 12.4. The number of amides is 1. The van der Waals surface area contributed by atoms with Crippen LogP contribution in [0.4, 0.5) is 5.69 Å². The Bertz CT molecular complexity index is 1030. The Hall–Kier alpha value is -3.18. The summed E-state index contributed by atoms with van der Waals surface area (Å²) in [5.41, 5.74) is 2.52. The van der Waals surface area contributed by atoms with Crippen molar-refractivity contribution in [3.8, 4) is 5.75 Å². The van der Waals surface area contributed by atoms with E-state index in [1.807, 2.05) is 36.4 Å². The first kappa shape index (κ1) is 19.6. The maximum Gasteiger partial charge on any atom is 0.256 e. The molecule has 4 nitrogen and oxygen atoms in total. The molecule has 0 atom stereocenters. The monoisotopic (exact) mass is 435 g/mol. The zero-order valence-corrected chi connectivity index (χ0v) is 16.8. The minimum atomic E-state index is -0.220. The summed E-state index contributed by atoms with van der Waals surface area (Å²) in [5, 5.41) is 2.82. The van der Waals surface area contributed by atoms with Crippen LogP contribution in [0.15, 0.2) is 83.3 Å². The molecule has 0 aliphatic carbocycles. The fourth-order valence-corrected chi connectivity index (χ4v) is 3.09. The van der Waals surface area contributed by atoms with Gasteiger partial charge in [-0.05, 0) is 70.5 Å². The summed E-state index contributed by atoms with van der Waals surface area (Å²) in [6, 6.07) is 21.5. The van der Waals surface area contributed by atoms with Gasteiger partial charge in [-0.2, -0.15) is 0 Å². The molecule has 5 heteroatoms. The number of anilines is 1. The molecule has 1 N–H and O–H groups in total. The lowest BCUT2D eigenvalue weighted by molar-refractivity contribution is 0.102. The Morgan fingerprint density at radius 2 is 1.61 bits per heavy atom. The van der Waals surface area contributed by atoms with E-state index in [0.717, 1.165) is 10.0 Å². The van der Waals surface area contributed by atoms with Crippen molar-refractivity contribution in [2.24, 2.45) is 0 Å². The van der Waals surface area contributed by atoms with Gasteiger partial charge in [0.05, 0.1) is 12.7 Å². The van der Waals surface area contributed by atoms with Crippen LogP contribution in [0.3, 0.4) is 0 Å². The van der Waals surface area contributed by atoms with Gasteiger partial charge in [-0.1, -0.05) is 30.3 Å². The third kappa shape index (κ3) is 4.75. The Morgan fingerprint density at radius 3 is 2.32 bits per heavy atom. The molecule has 0 saturated carbocycles. The second kappa shape index (κ2) is 9.15. The average Bonchev–Trinajstić information content (AvgIpc) is 2.73. The lowest BCUT2D eigenvalue weighted by atomic mass is 10.1. The standard InChI is InChI=1S/C23H18BrNO3/c1-28-22-9-5-2-6-17(22)12-15-21(26)16-10-13-18(14-11-16)25-23(27)19-7-3-4-8-20(19)24/h2-15H,1H3,(H,25,27)/b15-12+. The average molecular weight is 436 g/mol. The van der Waals surface area contributed by atoms with Crippen molar-refractivity contribution in [1.82, 2.24) is 0 Å². The molecular formula is C23H18BrNO3. The molecule has 3 aromatic carbocycles. The predicted octanol–water partition coefficient (Wildman–Crippen LogP) is 5.61. The number of para-hydroxylation sites is 1. The fraction of sp³-hybridized carbons (Fsp3) is 0.0435. The van der Waals surface area contributed by atoms with Crippen LogP contribution in [-0.2, 0) is 0 Å². The highest BCUT2D eigenvalue weighted by atomic mass is 79.9. The molecule has 0 bridgehead atoms. The van der Waals surface area contributed by atoms with Gasteiger partial charge >= 0.3 is 0 Å². The van der Waals surface area contributed by atoms with Crippen molar-refractivity contribution in [1.29, 1.82) is 0 Å². The van der Waals surface area contributed by atoms with Crippen LogP contribution in [-0.4, -0.2) is 18.8 Å². The van der Waals surface area contributed by atoms with E-state index >= 15 is 0 Å². The number of nitrogens with one attached hydrogen (secondary N) is 1. The van der Waals surface area contributed by atoms with Gasteiger partial charge in [-0.3, -0.25) is 9.59 Å². The number of benzene rings is 3. The summed E-state index contributed by atoms with van der Waals surface area (Å²) < 4.78 is 6.00. The van der Waals surface area contributed by atoms with Crippen LogP contribution in [0.25, 0.3) is 6.08 Å². The number of ether oxygens (including phenoxy) is 1. The van der Waals surface area contributed by atoms with Crippen LogP contribution in [0.2, 0.25) is 0 Å². The summed E-state index contributed by atoms with van der Waals surface area (Å²) >= 11 is 3.37. The zero-order chi connectivity index (χ0) is 19.9. The SMILES string of the molecule is COc1ccccc1/C=C/C(=O)c1ccc(NC(=O)c2ccccc2Br)cc1. The Labute approximate surface area is 172 Å². The van der Waals surface area contributed by atoms with E-state index in [-0.39, 0.29) is 11.7 Å². The summed E-state index contributed by atoms with van der Waals surface area (Å²) in [4.78, 5) is 24.7. The molecule has 0 radical (unpaired) electrons. The van der Waals surface area contributed by atoms with Crippen LogP contribution in [0.1, 0.15) is 26.3 Å². The normalized spacial score (nSPS) is 10.6. The van der Waals surface area contributed by atoms with Gasteiger partial charge in [-0.15, -0.1) is 0 Å². The molecule has 0 heterocycles. The van der Waals surface area contributed by atoms with Gasteiger partial charge in [-0.25, -0.2) is 0 Å². The molecule has 0 aliphatic rings. The molecule has 0 aliphatic heterocycles. The van der Waals surface area contributed by atoms with Gasteiger partial charge in [0.2, 0.25) is 0 Å². The molecule has 1 amide bonds. The van der Waals surface area contributed by atoms with Crippen LogP contribution >= 0.6 is 15.9 Å². The molecule has 3 rings (SSSR count). The van der Waals surface area contributed by atoms with Crippen molar-refractivity contribution in [2.45, 2.75) is 0 Å². The smallest absolute Gasteiger partial charge is 0.256 e. The van der Waals surface area contributed by atoms with Gasteiger partial charge in [0, 0.05) is 21.3 Å². The highest BCUT2D eigenvalue weighted by Crippen LogP contribution is 2.20. The first-order valence-electron chi connectivity index (χ1n) is 8.60. The Balaban J connectivity index is 1.68. The maximum absolute atomic E-state index is 12.4. The third-order valence-electron chi connectivity index (χ3n) is 4.10. The number of halogens is 1. The molecule has 0 fully saturated rings. The number of ketones is 1. The lowest BCUT2D eigenvalue weighted by Crippen LogP contribution is -2.12. The Kier molecular flexibility index (Phi) is 6.40. The van der Waals surface area contributed by atoms with Crippen molar-refractivity contribution in [3.05, 3.63) is 100 Å². The number of hydrogen-bond donors (Lipinski definition) is 1. The Morgan fingerprint density at radius 1 is 0.929 bits per heavy atom. The second-order valence-electron chi connectivity index (χ2n) is 5.95. The van der Waals surface area contributed by atoms with Crippen molar-refractivity contribution in [3.63, 3.8) is 0 Å². The molecule has 0 saturated heterocycles. The number of methoxy groups -OCH3 is 1. The van der Waals surface area contributed by atoms with E-state index in [0.29, 0.717) is 22.6 Å². The van der Waals surface area contributed by atoms with Gasteiger partial charge in [0.1, 0.15) is 5.75 Å². The second-order valence-corrected chi connectivity index (χ2v) is 6.81. The summed E-state index contributed by atoms with van der Waals surface area (Å²) in [5.74, 6) is 0.355. The number of carbonyl (C=O) groups is 2. The first-order chi connectivity index (χ1) is 13.6. The minimum absolute atomic E-state index is 0.130. The zero-order valence-electron chi connectivity index (χ0n) is 15.2. The van der Waals surface area contributed by atoms with Gasteiger partial charge < -0.3 is 10.1 Å². The van der Waals surface area contributed by atoms with Crippen LogP contribution < -0.4 is 10.1 Å². The highest BCUT2D eigenvalue weighted by Gasteiger charge is 2.10. The first-order valence-corrected chi connectivity index (χ1v) is 9.39. The molecule has 0 unspecified atom stereocenters. The predicted molar refractivity (Wildman–Crippen MR) is 115 cm³/mol. The molecule has 0 spiro atoms. The van der Waals surface area contributed by atoms with Gasteiger partial charge in [0.15, 0.2) is 5.78 Å². The molecule has 3 aromatic rings. The largest absolute Gasteiger partial charge is 0.496 e. The van der Waals surface area contributed by atoms with E-state index < -0.39 is 0 Å². The van der Waals surface area contributed by atoms with Crippen molar-refractivity contribution >= 4 is 39.4 Å². The topological polar surface area (TPSA) is 55.4 Å². The lowest BCUT2D eigenvalue weighted by Gasteiger charge is -2.07. The molecule has 0 aromatic heterocycles. The van der Waals surface area contributed by atoms with E-state index in [4.69, 9.17) is 4.74 Å². The molecule has 28 heavy (non-hydrogen) atoms. The van der Waals surface area contributed by atoms with Crippen molar-refractivity contribution < 1.29 is 14.3 Å². The number of hydrogen-bond acceptors (Lipinski definition) is 3. The summed E-state index contributed by atoms with van der Waals surface area (Å²) in [6.07, 6.45) is 3.23. The number of rotatable bonds is 6. The van der Waals surface area contributed by atoms with Crippen molar-refractivity contribution in [2.75, 3.05) is 12.4 Å². The van der Waals surface area contributed by atoms with E-state index in [1.165, 1.54) is 6.08 Å². The van der Waals surface area contributed by atoms with E-state index in [9.17, 15) is 9.59 Å². The van der Waals surface area contributed by atoms with Crippen LogP contribution in [0.5, 0.6) is 5.75 Å². The van der Waals surface area contributed by atoms with E-state index in [2.05, 4.69) is 21.2 Å². The van der Waals surface area contributed by atoms with Crippen LogP contribution in [0, 0.1) is 0 Å². The molecular weight excluding hydrogens is 418 g/mol. The minimum Gasteiger partial charge on any atom is -0.496 e. The summed E-state index contributed by atoms with van der Waals surface area (Å²) in [6.45, 7) is 0. The molecule has 140 valence electrons. The number of allylic oxidation sites excluding steroid dienone is 1. The highest BCUT2D eigenvalue weighted by molar-refractivity contribution is 9.10. The third-order valence-corrected chi connectivity index (χ3v) is 4.79. The van der Waals surface area contributed by atoms with E-state index in [1.54, 1.807) is 49.6 Å². The van der Waals surface area contributed by atoms with Gasteiger partial charge in [0.25, 0.3) is 5.91 Å². The number of carbonyl (C=O) groups excluding carboxylic acids is 2. The quantitative estimate of drug-likeness (QED) is 0.404. The fourth-order valence-electron chi connectivity index (χ4n) is 2.63.